The maximum atomic E-state index is 6.25. The normalized spacial score (nSPS) is 12.8. The van der Waals surface area contributed by atoms with E-state index in [1.165, 1.54) is 0 Å². The number of fused-ring (bicyclic) bond motifs is 1. The monoisotopic (exact) mass is 316 g/mol. The minimum Gasteiger partial charge on any atom is -0.458 e. The molecule has 3 nitrogen and oxygen atoms in total. The topological polar surface area (TPSA) is 52.0 Å². The number of nitrogens with zero attached hydrogens (tertiary/aromatic N) is 1. The number of aryl methyl sites for hydroxylation is 1. The van der Waals surface area contributed by atoms with Crippen molar-refractivity contribution in [2.75, 3.05) is 0 Å². The summed E-state index contributed by atoms with van der Waals surface area (Å²) in [6.07, 6.45) is 3.59. The summed E-state index contributed by atoms with van der Waals surface area (Å²) >= 11 is 3.48. The molecule has 0 amide bonds. The van der Waals surface area contributed by atoms with E-state index in [-0.39, 0.29) is 6.04 Å². The molecular weight excluding hydrogens is 304 g/mol. The van der Waals surface area contributed by atoms with Crippen molar-refractivity contribution in [3.8, 4) is 0 Å². The lowest BCUT2D eigenvalue weighted by molar-refractivity contribution is 0.523. The Balaban J connectivity index is 2.06. The molecule has 0 aliphatic rings. The Kier molecular flexibility index (Phi) is 3.12. The van der Waals surface area contributed by atoms with Gasteiger partial charge in [-0.1, -0.05) is 18.2 Å². The van der Waals surface area contributed by atoms with Crippen LogP contribution in [0.15, 0.2) is 51.6 Å². The first-order valence-corrected chi connectivity index (χ1v) is 6.79. The summed E-state index contributed by atoms with van der Waals surface area (Å²) in [5.74, 6) is 0.745. The molecule has 0 spiro atoms. The minimum atomic E-state index is -0.299. The average molecular weight is 317 g/mol. The second-order valence-electron chi connectivity index (χ2n) is 4.58. The number of pyridine rings is 1. The number of benzene rings is 1. The Morgan fingerprint density at radius 3 is 2.84 bits per heavy atom. The van der Waals surface area contributed by atoms with Crippen LogP contribution in [0.1, 0.15) is 22.9 Å². The molecule has 3 rings (SSSR count). The third kappa shape index (κ3) is 2.29. The van der Waals surface area contributed by atoms with Gasteiger partial charge in [0, 0.05) is 17.8 Å². The molecule has 0 saturated heterocycles. The number of rotatable bonds is 2. The maximum absolute atomic E-state index is 6.25. The molecule has 0 aliphatic heterocycles. The standard InChI is InChI=1S/C15H13BrN2O/c1-9-5-11(8-18-7-9)14(17)13-6-10-3-2-4-12(16)15(10)19-13/h2-8,14H,17H2,1H3. The van der Waals surface area contributed by atoms with E-state index >= 15 is 0 Å². The van der Waals surface area contributed by atoms with Crippen molar-refractivity contribution in [1.82, 2.24) is 4.98 Å². The van der Waals surface area contributed by atoms with Gasteiger partial charge in [-0.15, -0.1) is 0 Å². The summed E-state index contributed by atoms with van der Waals surface area (Å²) in [5.41, 5.74) is 9.12. The first-order chi connectivity index (χ1) is 9.15. The molecule has 2 heterocycles. The fraction of sp³-hybridized carbons (Fsp3) is 0.133. The summed E-state index contributed by atoms with van der Waals surface area (Å²) in [6, 6.07) is 9.65. The van der Waals surface area contributed by atoms with Gasteiger partial charge in [0.1, 0.15) is 11.3 Å². The summed E-state index contributed by atoms with van der Waals surface area (Å²) in [5, 5.41) is 1.04. The van der Waals surface area contributed by atoms with Crippen molar-refractivity contribution >= 4 is 26.9 Å². The number of aromatic nitrogens is 1. The molecule has 4 heteroatoms. The largest absolute Gasteiger partial charge is 0.458 e. The number of para-hydroxylation sites is 1. The van der Waals surface area contributed by atoms with E-state index < -0.39 is 0 Å². The minimum absolute atomic E-state index is 0.299. The van der Waals surface area contributed by atoms with Gasteiger partial charge >= 0.3 is 0 Å². The van der Waals surface area contributed by atoms with E-state index in [1.54, 1.807) is 6.20 Å². The van der Waals surface area contributed by atoms with Crippen LogP contribution in [-0.4, -0.2) is 4.98 Å². The molecule has 0 radical (unpaired) electrons. The quantitative estimate of drug-likeness (QED) is 0.779. The van der Waals surface area contributed by atoms with Crippen molar-refractivity contribution in [1.29, 1.82) is 0 Å². The number of hydrogen-bond donors (Lipinski definition) is 1. The fourth-order valence-electron chi connectivity index (χ4n) is 2.11. The highest BCUT2D eigenvalue weighted by molar-refractivity contribution is 9.10. The van der Waals surface area contributed by atoms with Gasteiger partial charge in [0.2, 0.25) is 0 Å². The Bertz CT molecular complexity index is 736. The second kappa shape index (κ2) is 4.79. The molecule has 1 unspecified atom stereocenters. The summed E-state index contributed by atoms with van der Waals surface area (Å²) in [4.78, 5) is 4.17. The lowest BCUT2D eigenvalue weighted by Gasteiger charge is -2.08. The van der Waals surface area contributed by atoms with Crippen molar-refractivity contribution < 1.29 is 4.42 Å². The maximum Gasteiger partial charge on any atom is 0.148 e. The first-order valence-electron chi connectivity index (χ1n) is 6.00. The van der Waals surface area contributed by atoms with Crippen LogP contribution in [-0.2, 0) is 0 Å². The van der Waals surface area contributed by atoms with Crippen molar-refractivity contribution in [2.24, 2.45) is 5.73 Å². The number of hydrogen-bond acceptors (Lipinski definition) is 3. The van der Waals surface area contributed by atoms with E-state index in [4.69, 9.17) is 10.2 Å². The Labute approximate surface area is 119 Å². The van der Waals surface area contributed by atoms with E-state index in [1.807, 2.05) is 43.5 Å². The molecule has 0 bridgehead atoms. The zero-order valence-corrected chi connectivity index (χ0v) is 12.0. The molecule has 1 atom stereocenters. The first kappa shape index (κ1) is 12.4. The lowest BCUT2D eigenvalue weighted by Crippen LogP contribution is -2.11. The van der Waals surface area contributed by atoms with Crippen LogP contribution in [0.5, 0.6) is 0 Å². The zero-order chi connectivity index (χ0) is 13.4. The molecule has 0 fully saturated rings. The van der Waals surface area contributed by atoms with E-state index in [9.17, 15) is 0 Å². The summed E-state index contributed by atoms with van der Waals surface area (Å²) in [6.45, 7) is 2.00. The van der Waals surface area contributed by atoms with Gasteiger partial charge in [-0.3, -0.25) is 4.98 Å². The third-order valence-electron chi connectivity index (χ3n) is 3.08. The van der Waals surface area contributed by atoms with Crippen molar-refractivity contribution in [3.05, 3.63) is 64.1 Å². The molecule has 2 N–H and O–H groups in total. The van der Waals surface area contributed by atoms with Crippen LogP contribution in [0.3, 0.4) is 0 Å². The smallest absolute Gasteiger partial charge is 0.148 e. The number of nitrogens with two attached hydrogens (primary N) is 1. The number of halogens is 1. The van der Waals surface area contributed by atoms with Crippen molar-refractivity contribution in [2.45, 2.75) is 13.0 Å². The van der Waals surface area contributed by atoms with Gasteiger partial charge in [0.05, 0.1) is 10.5 Å². The molecule has 0 aliphatic carbocycles. The SMILES string of the molecule is Cc1cncc(C(N)c2cc3cccc(Br)c3o2)c1. The molecule has 1 aromatic carbocycles. The van der Waals surface area contributed by atoms with Gasteiger partial charge in [0.25, 0.3) is 0 Å². The average Bonchev–Trinajstić information content (AvgIpc) is 2.83. The van der Waals surface area contributed by atoms with Gasteiger partial charge in [-0.2, -0.15) is 0 Å². The Morgan fingerprint density at radius 2 is 2.11 bits per heavy atom. The van der Waals surface area contributed by atoms with Crippen molar-refractivity contribution in [3.63, 3.8) is 0 Å². The highest BCUT2D eigenvalue weighted by Crippen LogP contribution is 2.31. The van der Waals surface area contributed by atoms with Gasteiger partial charge in [-0.05, 0) is 46.1 Å². The highest BCUT2D eigenvalue weighted by atomic mass is 79.9. The molecule has 0 saturated carbocycles. The third-order valence-corrected chi connectivity index (χ3v) is 3.70. The lowest BCUT2D eigenvalue weighted by atomic mass is 10.1. The molecule has 19 heavy (non-hydrogen) atoms. The highest BCUT2D eigenvalue weighted by Gasteiger charge is 2.15. The predicted octanol–water partition coefficient (Wildman–Crippen LogP) is 3.95. The van der Waals surface area contributed by atoms with E-state index in [0.717, 1.165) is 32.3 Å². The Hall–Kier alpha value is -1.65. The van der Waals surface area contributed by atoms with Crippen LogP contribution in [0.2, 0.25) is 0 Å². The van der Waals surface area contributed by atoms with Gasteiger partial charge in [0.15, 0.2) is 0 Å². The predicted molar refractivity (Wildman–Crippen MR) is 78.9 cm³/mol. The van der Waals surface area contributed by atoms with E-state index in [2.05, 4.69) is 20.9 Å². The second-order valence-corrected chi connectivity index (χ2v) is 5.43. The summed E-state index contributed by atoms with van der Waals surface area (Å²) < 4.78 is 6.79. The van der Waals surface area contributed by atoms with Crippen LogP contribution in [0, 0.1) is 6.92 Å². The Morgan fingerprint density at radius 1 is 1.26 bits per heavy atom. The van der Waals surface area contributed by atoms with Gasteiger partial charge in [-0.25, -0.2) is 0 Å². The van der Waals surface area contributed by atoms with Crippen LogP contribution in [0.25, 0.3) is 11.0 Å². The molecule has 96 valence electrons. The van der Waals surface area contributed by atoms with Crippen LogP contribution in [0.4, 0.5) is 0 Å². The fourth-order valence-corrected chi connectivity index (χ4v) is 2.58. The zero-order valence-electron chi connectivity index (χ0n) is 10.4. The van der Waals surface area contributed by atoms with E-state index in [0.29, 0.717) is 0 Å². The molecule has 3 aromatic rings. The number of furan rings is 1. The molecule has 2 aromatic heterocycles. The summed E-state index contributed by atoms with van der Waals surface area (Å²) in [7, 11) is 0. The molecular formula is C15H13BrN2O. The van der Waals surface area contributed by atoms with Gasteiger partial charge < -0.3 is 10.2 Å². The van der Waals surface area contributed by atoms with Crippen LogP contribution < -0.4 is 5.73 Å². The van der Waals surface area contributed by atoms with Crippen LogP contribution >= 0.6 is 15.9 Å².